The highest BCUT2D eigenvalue weighted by Gasteiger charge is 2.29. The van der Waals surface area contributed by atoms with Gasteiger partial charge in [-0.2, -0.15) is 10.4 Å². The van der Waals surface area contributed by atoms with Gasteiger partial charge < -0.3 is 10.1 Å². The molecule has 3 aliphatic rings. The molecule has 10 heteroatoms. The van der Waals surface area contributed by atoms with Crippen molar-refractivity contribution in [1.29, 1.82) is 5.26 Å². The van der Waals surface area contributed by atoms with Gasteiger partial charge in [-0.1, -0.05) is 6.07 Å². The summed E-state index contributed by atoms with van der Waals surface area (Å²) in [4.78, 5) is 12.9. The normalized spacial score (nSPS) is 18.0. The molecule has 0 bridgehead atoms. The van der Waals surface area contributed by atoms with Gasteiger partial charge in [0.15, 0.2) is 21.0 Å². The Morgan fingerprint density at radius 3 is 2.66 bits per heavy atom. The van der Waals surface area contributed by atoms with Gasteiger partial charge in [0.1, 0.15) is 6.61 Å². The predicted octanol–water partition coefficient (Wildman–Crippen LogP) is 2.30. The van der Waals surface area contributed by atoms with E-state index in [4.69, 9.17) is 10.00 Å². The zero-order valence-corrected chi connectivity index (χ0v) is 16.5. The summed E-state index contributed by atoms with van der Waals surface area (Å²) in [6.07, 6.45) is 8.94. The van der Waals surface area contributed by atoms with Gasteiger partial charge in [-0.3, -0.25) is 0 Å². The number of amides is 2. The van der Waals surface area contributed by atoms with E-state index in [1.54, 1.807) is 10.9 Å². The highest BCUT2D eigenvalue weighted by molar-refractivity contribution is 7.92. The standard InChI is InChI=1S/C19H20N6O3S/c20-11-22-29(27,16-10-21-25-7-8-28-18(16)25)24-19(26)23-17-14-5-1-3-12(14)9-13-4-2-6-15(13)17/h9-10H,1-8H2,(H2,22,23,24,26,27). The molecule has 0 saturated carbocycles. The number of carbonyl (C=O) groups is 1. The van der Waals surface area contributed by atoms with Crippen LogP contribution in [0.2, 0.25) is 0 Å². The molecule has 9 nitrogen and oxygen atoms in total. The number of urea groups is 1. The molecule has 0 fully saturated rings. The molecular weight excluding hydrogens is 392 g/mol. The second-order valence-corrected chi connectivity index (χ2v) is 9.26. The van der Waals surface area contributed by atoms with Crippen molar-refractivity contribution >= 4 is 21.6 Å². The van der Waals surface area contributed by atoms with Crippen LogP contribution in [0.5, 0.6) is 5.88 Å². The summed E-state index contributed by atoms with van der Waals surface area (Å²) in [5.41, 5.74) is 5.68. The third-order valence-electron chi connectivity index (χ3n) is 5.70. The minimum absolute atomic E-state index is 0.107. The van der Waals surface area contributed by atoms with Gasteiger partial charge in [-0.05, 0) is 60.8 Å². The lowest BCUT2D eigenvalue weighted by molar-refractivity contribution is 0.260. The Bertz CT molecular complexity index is 1150. The lowest BCUT2D eigenvalue weighted by Crippen LogP contribution is -2.22. The zero-order chi connectivity index (χ0) is 20.0. The topological polar surface area (TPSA) is 121 Å². The number of hydrogen-bond acceptors (Lipinski definition) is 5. The van der Waals surface area contributed by atoms with Crippen LogP contribution >= 0.6 is 0 Å². The van der Waals surface area contributed by atoms with Gasteiger partial charge in [-0.15, -0.1) is 4.36 Å². The van der Waals surface area contributed by atoms with Gasteiger partial charge >= 0.3 is 6.03 Å². The number of nitrogens with zero attached hydrogens (tertiary/aromatic N) is 4. The molecule has 2 aliphatic carbocycles. The number of rotatable bonds is 3. The van der Waals surface area contributed by atoms with Crippen LogP contribution in [-0.4, -0.2) is 26.6 Å². The van der Waals surface area contributed by atoms with Gasteiger partial charge in [0, 0.05) is 5.69 Å². The fraction of sp³-hybridized carbons (Fsp3) is 0.421. The summed E-state index contributed by atoms with van der Waals surface area (Å²) in [6.45, 7) is 0.915. The second kappa shape index (κ2) is 6.77. The Kier molecular flexibility index (Phi) is 4.20. The Hall–Kier alpha value is -3.06. The molecule has 2 amide bonds. The molecule has 29 heavy (non-hydrogen) atoms. The molecule has 2 aromatic rings. The van der Waals surface area contributed by atoms with E-state index in [0.717, 1.165) is 55.3 Å². The molecule has 1 aliphatic heterocycles. The molecule has 1 aromatic carbocycles. The van der Waals surface area contributed by atoms with Crippen molar-refractivity contribution in [3.63, 3.8) is 0 Å². The smallest absolute Gasteiger partial charge is 0.355 e. The Morgan fingerprint density at radius 1 is 1.24 bits per heavy atom. The first-order chi connectivity index (χ1) is 14.1. The van der Waals surface area contributed by atoms with E-state index in [-0.39, 0.29) is 10.8 Å². The average molecular weight is 412 g/mol. The summed E-state index contributed by atoms with van der Waals surface area (Å²) >= 11 is 0. The van der Waals surface area contributed by atoms with Crippen LogP contribution in [0.25, 0.3) is 0 Å². The number of hydrogen-bond donors (Lipinski definition) is 2. The summed E-state index contributed by atoms with van der Waals surface area (Å²) in [6, 6.07) is 1.52. The number of benzene rings is 1. The average Bonchev–Trinajstić information content (AvgIpc) is 3.44. The van der Waals surface area contributed by atoms with E-state index >= 15 is 0 Å². The number of nitriles is 1. The monoisotopic (exact) mass is 412 g/mol. The van der Waals surface area contributed by atoms with E-state index in [9.17, 15) is 9.00 Å². The van der Waals surface area contributed by atoms with Gasteiger partial charge in [-0.25, -0.2) is 18.4 Å². The van der Waals surface area contributed by atoms with Crippen LogP contribution in [0.1, 0.15) is 35.1 Å². The molecule has 2 N–H and O–H groups in total. The fourth-order valence-electron chi connectivity index (χ4n) is 4.48. The van der Waals surface area contributed by atoms with Crippen molar-refractivity contribution in [2.45, 2.75) is 50.0 Å². The second-order valence-electron chi connectivity index (χ2n) is 7.38. The van der Waals surface area contributed by atoms with E-state index in [2.05, 4.69) is 25.6 Å². The maximum absolute atomic E-state index is 13.4. The molecule has 0 radical (unpaired) electrons. The van der Waals surface area contributed by atoms with Crippen molar-refractivity contribution in [2.24, 2.45) is 4.36 Å². The number of fused-ring (bicyclic) bond motifs is 3. The van der Waals surface area contributed by atoms with Crippen molar-refractivity contribution in [1.82, 2.24) is 14.5 Å². The number of anilines is 1. The Morgan fingerprint density at radius 2 is 1.97 bits per heavy atom. The van der Waals surface area contributed by atoms with Gasteiger partial charge in [0.2, 0.25) is 5.88 Å². The quantitative estimate of drug-likeness (QED) is 0.592. The molecule has 1 aromatic heterocycles. The Balaban J connectivity index is 1.53. The van der Waals surface area contributed by atoms with E-state index in [0.29, 0.717) is 13.2 Å². The highest BCUT2D eigenvalue weighted by Crippen LogP contribution is 2.38. The molecule has 150 valence electrons. The summed E-state index contributed by atoms with van der Waals surface area (Å²) < 4.78 is 26.4. The van der Waals surface area contributed by atoms with Crippen LogP contribution in [0.4, 0.5) is 10.5 Å². The maximum atomic E-state index is 13.4. The third kappa shape index (κ3) is 2.93. The lowest BCUT2D eigenvalue weighted by Gasteiger charge is -2.15. The first kappa shape index (κ1) is 18.0. The number of aromatic nitrogens is 2. The first-order valence-electron chi connectivity index (χ1n) is 9.68. The van der Waals surface area contributed by atoms with Crippen molar-refractivity contribution in [2.75, 3.05) is 11.9 Å². The molecular formula is C19H20N6O3S. The SMILES string of the molecule is N#CNS(=O)(=NC(=O)Nc1c2c(cc3c1CCC3)CCC2)c1cnn2c1OCC2. The molecule has 5 rings (SSSR count). The van der Waals surface area contributed by atoms with Crippen LogP contribution in [0.3, 0.4) is 0 Å². The van der Waals surface area contributed by atoms with Crippen molar-refractivity contribution in [3.8, 4) is 12.1 Å². The molecule has 0 saturated heterocycles. The minimum Gasteiger partial charge on any atom is -0.475 e. The van der Waals surface area contributed by atoms with Crippen LogP contribution in [0.15, 0.2) is 21.5 Å². The third-order valence-corrected chi connectivity index (χ3v) is 7.37. The van der Waals surface area contributed by atoms with Gasteiger partial charge in [0.25, 0.3) is 0 Å². The van der Waals surface area contributed by atoms with Gasteiger partial charge in [0.05, 0.1) is 12.7 Å². The number of ether oxygens (including phenoxy) is 1. The predicted molar refractivity (Wildman–Crippen MR) is 105 cm³/mol. The Labute approximate surface area is 168 Å². The minimum atomic E-state index is -3.55. The highest BCUT2D eigenvalue weighted by atomic mass is 32.2. The molecule has 1 unspecified atom stereocenters. The molecule has 2 heterocycles. The summed E-state index contributed by atoms with van der Waals surface area (Å²) in [7, 11) is -3.55. The van der Waals surface area contributed by atoms with E-state index in [1.807, 2.05) is 0 Å². The van der Waals surface area contributed by atoms with E-state index < -0.39 is 15.9 Å². The fourth-order valence-corrected chi connectivity index (χ4v) is 5.73. The van der Waals surface area contributed by atoms with Crippen LogP contribution in [-0.2, 0) is 42.1 Å². The zero-order valence-electron chi connectivity index (χ0n) is 15.7. The number of nitrogens with one attached hydrogen (secondary N) is 2. The van der Waals surface area contributed by atoms with E-state index in [1.165, 1.54) is 17.3 Å². The summed E-state index contributed by atoms with van der Waals surface area (Å²) in [5, 5.41) is 16.1. The number of aryl methyl sites for hydroxylation is 2. The number of carbonyl (C=O) groups excluding carboxylic acids is 1. The molecule has 0 spiro atoms. The first-order valence-corrected chi connectivity index (χ1v) is 11.2. The largest absolute Gasteiger partial charge is 0.475 e. The lowest BCUT2D eigenvalue weighted by atomic mass is 9.99. The van der Waals surface area contributed by atoms with Crippen molar-refractivity contribution < 1.29 is 13.7 Å². The molecule has 1 atom stereocenters. The van der Waals surface area contributed by atoms with Crippen LogP contribution < -0.4 is 14.8 Å². The maximum Gasteiger partial charge on any atom is 0.355 e. The van der Waals surface area contributed by atoms with Crippen LogP contribution in [0, 0.1) is 11.5 Å². The van der Waals surface area contributed by atoms with Crippen molar-refractivity contribution in [3.05, 3.63) is 34.5 Å². The summed E-state index contributed by atoms with van der Waals surface area (Å²) in [5.74, 6) is 0.274.